The molecule has 0 aliphatic carbocycles. The Morgan fingerprint density at radius 1 is 1.08 bits per heavy atom. The highest BCUT2D eigenvalue weighted by molar-refractivity contribution is 5.66. The summed E-state index contributed by atoms with van der Waals surface area (Å²) < 4.78 is 0. The van der Waals surface area contributed by atoms with E-state index < -0.39 is 0 Å². The van der Waals surface area contributed by atoms with Crippen molar-refractivity contribution in [2.24, 2.45) is 0 Å². The van der Waals surface area contributed by atoms with Crippen molar-refractivity contribution in [2.45, 2.75) is 13.8 Å². The molecule has 1 aromatic rings. The minimum atomic E-state index is 0.641. The van der Waals surface area contributed by atoms with Gasteiger partial charge in [0.25, 0.3) is 0 Å². The molecule has 74 valence electrons. The molecule has 0 heterocycles. The van der Waals surface area contributed by atoms with Crippen LogP contribution in [0, 0.1) is 0 Å². The molecule has 0 atom stereocenters. The van der Waals surface area contributed by atoms with Gasteiger partial charge < -0.3 is 5.43 Å². The smallest absolute Gasteiger partial charge is 0.0846 e. The Kier molecular flexibility index (Phi) is 6.68. The van der Waals surface area contributed by atoms with Crippen LogP contribution in [0.2, 0.25) is 0 Å². The van der Waals surface area contributed by atoms with Crippen LogP contribution in [0.5, 0.6) is 0 Å². The first kappa shape index (κ1) is 11.7. The maximum atomic E-state index is 8.63. The molecule has 4 nitrogen and oxygen atoms in total. The van der Waals surface area contributed by atoms with Crippen LogP contribution in [0.4, 0.5) is 11.4 Å². The third-order valence-electron chi connectivity index (χ3n) is 1.31. The zero-order valence-corrected chi connectivity index (χ0v) is 8.26. The Balaban J connectivity index is 0.000000671. The first-order valence-corrected chi connectivity index (χ1v) is 4.30. The summed E-state index contributed by atoms with van der Waals surface area (Å²) in [6.45, 7) is 4.00. The molecule has 1 rings (SSSR count). The molecule has 0 saturated heterocycles. The molecule has 0 bridgehead atoms. The van der Waals surface area contributed by atoms with E-state index in [1.54, 1.807) is 13.1 Å². The Bertz CT molecular complexity index is 228. The third kappa shape index (κ3) is 3.78. The first-order chi connectivity index (χ1) is 6.38. The van der Waals surface area contributed by atoms with Gasteiger partial charge in [-0.3, -0.25) is 10.7 Å². The average molecular weight is 183 g/mol. The lowest BCUT2D eigenvalue weighted by atomic mass is 10.3. The molecule has 0 unspecified atom stereocenters. The molecule has 0 amide bonds. The summed E-state index contributed by atoms with van der Waals surface area (Å²) in [4.78, 5) is 0. The van der Waals surface area contributed by atoms with Gasteiger partial charge >= 0.3 is 0 Å². The number of nitrogens with one attached hydrogen (secondary N) is 3. The van der Waals surface area contributed by atoms with E-state index in [-0.39, 0.29) is 0 Å². The largest absolute Gasteiger partial charge is 0.320 e. The number of hydrazine groups is 1. The predicted molar refractivity (Wildman–Crippen MR) is 55.9 cm³/mol. The maximum Gasteiger partial charge on any atom is 0.0846 e. The minimum Gasteiger partial charge on any atom is -0.320 e. The van der Waals surface area contributed by atoms with Gasteiger partial charge in [-0.15, -0.1) is 0 Å². The van der Waals surface area contributed by atoms with E-state index in [2.05, 4.69) is 16.3 Å². The quantitative estimate of drug-likeness (QED) is 0.542. The van der Waals surface area contributed by atoms with E-state index >= 15 is 0 Å². The van der Waals surface area contributed by atoms with Crippen LogP contribution in [0.1, 0.15) is 13.8 Å². The first-order valence-electron chi connectivity index (χ1n) is 4.30. The molecule has 4 N–H and O–H groups in total. The molecule has 0 aliphatic rings. The fourth-order valence-corrected chi connectivity index (χ4v) is 0.824. The Labute approximate surface area is 78.9 Å². The van der Waals surface area contributed by atoms with E-state index in [1.807, 2.05) is 32.0 Å². The van der Waals surface area contributed by atoms with Gasteiger partial charge in [-0.1, -0.05) is 26.0 Å². The molecule has 0 aromatic heterocycles. The van der Waals surface area contributed by atoms with Crippen molar-refractivity contribution in [3.8, 4) is 0 Å². The van der Waals surface area contributed by atoms with Gasteiger partial charge in [-0.05, 0) is 12.1 Å². The molecular formula is C9H17N3O. The van der Waals surface area contributed by atoms with E-state index in [4.69, 9.17) is 5.21 Å². The second-order valence-corrected chi connectivity index (χ2v) is 2.03. The van der Waals surface area contributed by atoms with Gasteiger partial charge in [-0.25, -0.2) is 5.43 Å². The molecule has 0 spiro atoms. The van der Waals surface area contributed by atoms with Crippen LogP contribution in [-0.2, 0) is 0 Å². The van der Waals surface area contributed by atoms with E-state index in [1.165, 1.54) is 0 Å². The maximum absolute atomic E-state index is 8.63. The van der Waals surface area contributed by atoms with Gasteiger partial charge in [-0.2, -0.15) is 0 Å². The van der Waals surface area contributed by atoms with Gasteiger partial charge in [0.2, 0.25) is 0 Å². The lowest BCUT2D eigenvalue weighted by molar-refractivity contribution is 0.389. The zero-order chi connectivity index (χ0) is 10.1. The SMILES string of the molecule is CC.CNNc1ccccc1NO. The highest BCUT2D eigenvalue weighted by atomic mass is 16.5. The molecule has 0 radical (unpaired) electrons. The van der Waals surface area contributed by atoms with Crippen LogP contribution < -0.4 is 16.3 Å². The van der Waals surface area contributed by atoms with Crippen molar-refractivity contribution in [1.82, 2.24) is 5.43 Å². The molecular weight excluding hydrogens is 166 g/mol. The molecule has 4 heteroatoms. The topological polar surface area (TPSA) is 56.3 Å². The molecule has 0 fully saturated rings. The van der Waals surface area contributed by atoms with Crippen LogP contribution in [0.25, 0.3) is 0 Å². The predicted octanol–water partition coefficient (Wildman–Crippen LogP) is 2.06. The van der Waals surface area contributed by atoms with Crippen molar-refractivity contribution < 1.29 is 5.21 Å². The Hall–Kier alpha value is -1.26. The van der Waals surface area contributed by atoms with Gasteiger partial charge in [0.15, 0.2) is 0 Å². The van der Waals surface area contributed by atoms with Gasteiger partial charge in [0, 0.05) is 7.05 Å². The third-order valence-corrected chi connectivity index (χ3v) is 1.31. The zero-order valence-electron chi connectivity index (χ0n) is 8.26. The van der Waals surface area contributed by atoms with Crippen LogP contribution in [-0.4, -0.2) is 12.3 Å². The fraction of sp³-hybridized carbons (Fsp3) is 0.333. The summed E-state index contributed by atoms with van der Waals surface area (Å²) in [6, 6.07) is 7.31. The normalized spacial score (nSPS) is 8.31. The van der Waals surface area contributed by atoms with Crippen LogP contribution >= 0.6 is 0 Å². The average Bonchev–Trinajstić information content (AvgIpc) is 2.22. The second-order valence-electron chi connectivity index (χ2n) is 2.03. The molecule has 0 aliphatic heterocycles. The minimum absolute atomic E-state index is 0.641. The van der Waals surface area contributed by atoms with Crippen molar-refractivity contribution >= 4 is 11.4 Å². The Morgan fingerprint density at radius 2 is 1.62 bits per heavy atom. The number of rotatable bonds is 3. The van der Waals surface area contributed by atoms with Crippen LogP contribution in [0.15, 0.2) is 24.3 Å². The Morgan fingerprint density at radius 3 is 2.08 bits per heavy atom. The number of anilines is 2. The summed E-state index contributed by atoms with van der Waals surface area (Å²) in [5.74, 6) is 0. The second kappa shape index (κ2) is 7.39. The summed E-state index contributed by atoms with van der Waals surface area (Å²) in [6.07, 6.45) is 0. The van der Waals surface area contributed by atoms with E-state index in [0.717, 1.165) is 5.69 Å². The highest BCUT2D eigenvalue weighted by Gasteiger charge is 1.95. The summed E-state index contributed by atoms with van der Waals surface area (Å²) in [7, 11) is 1.76. The lowest BCUT2D eigenvalue weighted by Crippen LogP contribution is -2.15. The van der Waals surface area contributed by atoms with Gasteiger partial charge in [0.1, 0.15) is 0 Å². The number of hydrogen-bond acceptors (Lipinski definition) is 4. The van der Waals surface area contributed by atoms with Gasteiger partial charge in [0.05, 0.1) is 11.4 Å². The highest BCUT2D eigenvalue weighted by Crippen LogP contribution is 2.18. The lowest BCUT2D eigenvalue weighted by Gasteiger charge is -2.08. The summed E-state index contributed by atoms with van der Waals surface area (Å²) >= 11 is 0. The van der Waals surface area contributed by atoms with Crippen molar-refractivity contribution in [1.29, 1.82) is 0 Å². The standard InChI is InChI=1S/C7H11N3O.C2H6/c1-8-9-6-4-2-3-5-7(6)10-11;1-2/h2-5,8-11H,1H3;1-2H3. The number of para-hydroxylation sites is 2. The number of benzene rings is 1. The van der Waals surface area contributed by atoms with Crippen LogP contribution in [0.3, 0.4) is 0 Å². The molecule has 1 aromatic carbocycles. The van der Waals surface area contributed by atoms with Crippen molar-refractivity contribution in [2.75, 3.05) is 18.0 Å². The monoisotopic (exact) mass is 183 g/mol. The summed E-state index contributed by atoms with van der Waals surface area (Å²) in [5, 5.41) is 8.63. The number of hydrogen-bond donors (Lipinski definition) is 4. The van der Waals surface area contributed by atoms with E-state index in [0.29, 0.717) is 5.69 Å². The van der Waals surface area contributed by atoms with Crippen molar-refractivity contribution in [3.05, 3.63) is 24.3 Å². The molecule has 13 heavy (non-hydrogen) atoms. The van der Waals surface area contributed by atoms with E-state index in [9.17, 15) is 0 Å². The van der Waals surface area contributed by atoms with Crippen molar-refractivity contribution in [3.63, 3.8) is 0 Å². The molecule has 0 saturated carbocycles. The summed E-state index contributed by atoms with van der Waals surface area (Å²) in [5.41, 5.74) is 9.13. The fourth-order valence-electron chi connectivity index (χ4n) is 0.824.